The number of ether oxygens (including phenoxy) is 1. The molecule has 4 heteroatoms. The monoisotopic (exact) mass is 212 g/mol. The molecule has 1 aliphatic carbocycles. The van der Waals surface area contributed by atoms with E-state index in [1.807, 2.05) is 19.1 Å². The Morgan fingerprint density at radius 2 is 2.40 bits per heavy atom. The summed E-state index contributed by atoms with van der Waals surface area (Å²) in [6, 6.07) is 0.256. The van der Waals surface area contributed by atoms with Crippen LogP contribution in [0.25, 0.3) is 0 Å². The first-order valence-electron chi connectivity index (χ1n) is 5.59. The standard InChI is InChI=1S/C11H20N2O2/c1-2-13-11(14)15-10-7-3-5-9(12)6-4-8-10/h3,7,9-10H,2,4-6,8,12H2,1H3,(H,13,14)/b7-3+/t9-,10?/m1/s1. The van der Waals surface area contributed by atoms with Crippen molar-refractivity contribution in [2.45, 2.75) is 44.8 Å². The highest BCUT2D eigenvalue weighted by Gasteiger charge is 2.13. The van der Waals surface area contributed by atoms with Gasteiger partial charge in [0.25, 0.3) is 0 Å². The Morgan fingerprint density at radius 1 is 1.60 bits per heavy atom. The summed E-state index contributed by atoms with van der Waals surface area (Å²) in [5, 5.41) is 2.62. The number of hydrogen-bond acceptors (Lipinski definition) is 3. The number of rotatable bonds is 2. The zero-order chi connectivity index (χ0) is 11.1. The van der Waals surface area contributed by atoms with Gasteiger partial charge in [-0.1, -0.05) is 6.08 Å². The van der Waals surface area contributed by atoms with Gasteiger partial charge in [-0.2, -0.15) is 0 Å². The smallest absolute Gasteiger partial charge is 0.407 e. The summed E-state index contributed by atoms with van der Waals surface area (Å²) in [4.78, 5) is 11.2. The molecule has 0 saturated heterocycles. The first kappa shape index (κ1) is 12.0. The molecule has 0 saturated carbocycles. The molecule has 0 spiro atoms. The maximum absolute atomic E-state index is 11.2. The highest BCUT2D eigenvalue weighted by Crippen LogP contribution is 2.13. The van der Waals surface area contributed by atoms with E-state index < -0.39 is 0 Å². The largest absolute Gasteiger partial charge is 0.442 e. The number of nitrogens with two attached hydrogens (primary N) is 1. The van der Waals surface area contributed by atoms with Gasteiger partial charge in [0.15, 0.2) is 0 Å². The normalized spacial score (nSPS) is 28.7. The molecule has 2 atom stereocenters. The number of amides is 1. The molecule has 86 valence electrons. The molecule has 0 aromatic carbocycles. The molecule has 0 heterocycles. The van der Waals surface area contributed by atoms with E-state index in [1.165, 1.54) is 0 Å². The van der Waals surface area contributed by atoms with Crippen LogP contribution in [0.15, 0.2) is 12.2 Å². The van der Waals surface area contributed by atoms with Crippen molar-refractivity contribution in [1.29, 1.82) is 0 Å². The first-order chi connectivity index (χ1) is 7.22. The maximum atomic E-state index is 11.2. The van der Waals surface area contributed by atoms with Crippen molar-refractivity contribution in [1.82, 2.24) is 5.32 Å². The van der Waals surface area contributed by atoms with Gasteiger partial charge in [-0.05, 0) is 38.7 Å². The zero-order valence-electron chi connectivity index (χ0n) is 9.24. The molecule has 0 aromatic heterocycles. The van der Waals surface area contributed by atoms with Crippen molar-refractivity contribution in [2.75, 3.05) is 6.54 Å². The molecule has 15 heavy (non-hydrogen) atoms. The minimum Gasteiger partial charge on any atom is -0.442 e. The van der Waals surface area contributed by atoms with Gasteiger partial charge in [0.05, 0.1) is 0 Å². The van der Waals surface area contributed by atoms with Crippen molar-refractivity contribution in [3.05, 3.63) is 12.2 Å². The first-order valence-corrected chi connectivity index (χ1v) is 5.59. The summed E-state index contributed by atoms with van der Waals surface area (Å²) in [7, 11) is 0. The van der Waals surface area contributed by atoms with E-state index in [2.05, 4.69) is 5.32 Å². The summed E-state index contributed by atoms with van der Waals surface area (Å²) in [6.45, 7) is 2.47. The Hall–Kier alpha value is -1.03. The Balaban J connectivity index is 2.37. The van der Waals surface area contributed by atoms with Crippen LogP contribution in [0.3, 0.4) is 0 Å². The third-order valence-corrected chi connectivity index (χ3v) is 2.43. The fourth-order valence-electron chi connectivity index (χ4n) is 1.62. The van der Waals surface area contributed by atoms with E-state index >= 15 is 0 Å². The van der Waals surface area contributed by atoms with E-state index in [4.69, 9.17) is 10.5 Å². The van der Waals surface area contributed by atoms with Crippen LogP contribution in [0.1, 0.15) is 32.6 Å². The topological polar surface area (TPSA) is 64.3 Å². The highest BCUT2D eigenvalue weighted by molar-refractivity contribution is 5.67. The highest BCUT2D eigenvalue weighted by atomic mass is 16.6. The molecular weight excluding hydrogens is 192 g/mol. The second kappa shape index (κ2) is 6.45. The minimum absolute atomic E-state index is 0.0935. The van der Waals surface area contributed by atoms with Gasteiger partial charge in [-0.3, -0.25) is 0 Å². The van der Waals surface area contributed by atoms with Crippen molar-refractivity contribution >= 4 is 6.09 Å². The van der Waals surface area contributed by atoms with E-state index in [1.54, 1.807) is 0 Å². The zero-order valence-corrected chi connectivity index (χ0v) is 9.24. The number of hydrogen-bond donors (Lipinski definition) is 2. The van der Waals surface area contributed by atoms with Crippen LogP contribution in [-0.4, -0.2) is 24.8 Å². The molecule has 1 amide bonds. The minimum atomic E-state index is -0.336. The SMILES string of the molecule is CCNC(=O)OC1/C=C/C[C@@H](N)CCC1. The third-order valence-electron chi connectivity index (χ3n) is 2.43. The van der Waals surface area contributed by atoms with Gasteiger partial charge < -0.3 is 15.8 Å². The van der Waals surface area contributed by atoms with Crippen LogP contribution < -0.4 is 11.1 Å². The number of alkyl carbamates (subject to hydrolysis) is 1. The number of nitrogens with one attached hydrogen (secondary N) is 1. The predicted octanol–water partition coefficient (Wildman–Crippen LogP) is 1.56. The lowest BCUT2D eigenvalue weighted by atomic mass is 10.0. The number of carbonyl (C=O) groups is 1. The molecule has 1 rings (SSSR count). The Labute approximate surface area is 90.9 Å². The maximum Gasteiger partial charge on any atom is 0.407 e. The Morgan fingerprint density at radius 3 is 3.13 bits per heavy atom. The van der Waals surface area contributed by atoms with Crippen molar-refractivity contribution in [2.24, 2.45) is 5.73 Å². The lowest BCUT2D eigenvalue weighted by Crippen LogP contribution is -2.29. The molecular formula is C11H20N2O2. The molecule has 3 N–H and O–H groups in total. The van der Waals surface area contributed by atoms with Crippen LogP contribution in [0.2, 0.25) is 0 Å². The van der Waals surface area contributed by atoms with Gasteiger partial charge in [0.1, 0.15) is 6.10 Å². The molecule has 1 aliphatic rings. The fraction of sp³-hybridized carbons (Fsp3) is 0.727. The van der Waals surface area contributed by atoms with Gasteiger partial charge in [-0.15, -0.1) is 0 Å². The second-order valence-electron chi connectivity index (χ2n) is 3.83. The van der Waals surface area contributed by atoms with Gasteiger partial charge >= 0.3 is 6.09 Å². The van der Waals surface area contributed by atoms with E-state index in [0.29, 0.717) is 6.54 Å². The summed E-state index contributed by atoms with van der Waals surface area (Å²) in [5.74, 6) is 0. The number of carbonyl (C=O) groups excluding carboxylic acids is 1. The van der Waals surface area contributed by atoms with E-state index in [-0.39, 0.29) is 18.2 Å². The molecule has 0 aromatic rings. The fourth-order valence-corrected chi connectivity index (χ4v) is 1.62. The molecule has 1 unspecified atom stereocenters. The molecule has 0 bridgehead atoms. The van der Waals surface area contributed by atoms with Crippen LogP contribution in [0, 0.1) is 0 Å². The summed E-state index contributed by atoms with van der Waals surface area (Å²) >= 11 is 0. The summed E-state index contributed by atoms with van der Waals surface area (Å²) < 4.78 is 5.22. The second-order valence-corrected chi connectivity index (χ2v) is 3.83. The van der Waals surface area contributed by atoms with E-state index in [0.717, 1.165) is 25.7 Å². The van der Waals surface area contributed by atoms with Gasteiger partial charge in [0.2, 0.25) is 0 Å². The van der Waals surface area contributed by atoms with Gasteiger partial charge in [-0.25, -0.2) is 4.79 Å². The van der Waals surface area contributed by atoms with Crippen LogP contribution in [-0.2, 0) is 4.74 Å². The van der Waals surface area contributed by atoms with Crippen molar-refractivity contribution in [3.8, 4) is 0 Å². The van der Waals surface area contributed by atoms with Crippen LogP contribution in [0.5, 0.6) is 0 Å². The molecule has 0 fully saturated rings. The van der Waals surface area contributed by atoms with Crippen LogP contribution >= 0.6 is 0 Å². The molecule has 0 radical (unpaired) electrons. The molecule has 4 nitrogen and oxygen atoms in total. The average Bonchev–Trinajstić information content (AvgIpc) is 2.14. The average molecular weight is 212 g/mol. The molecule has 0 aliphatic heterocycles. The van der Waals surface area contributed by atoms with Crippen LogP contribution in [0.4, 0.5) is 4.79 Å². The predicted molar refractivity (Wildman–Crippen MR) is 59.5 cm³/mol. The van der Waals surface area contributed by atoms with Crippen molar-refractivity contribution < 1.29 is 9.53 Å². The van der Waals surface area contributed by atoms with Gasteiger partial charge in [0, 0.05) is 12.6 Å². The lowest BCUT2D eigenvalue weighted by Gasteiger charge is -2.18. The van der Waals surface area contributed by atoms with Crippen molar-refractivity contribution in [3.63, 3.8) is 0 Å². The lowest BCUT2D eigenvalue weighted by molar-refractivity contribution is 0.113. The third kappa shape index (κ3) is 4.83. The summed E-state index contributed by atoms with van der Waals surface area (Å²) in [6.07, 6.45) is 7.26. The quantitative estimate of drug-likeness (QED) is 0.683. The Kier molecular flexibility index (Phi) is 5.18. The van der Waals surface area contributed by atoms with E-state index in [9.17, 15) is 4.79 Å². The Bertz CT molecular complexity index is 229. The summed E-state index contributed by atoms with van der Waals surface area (Å²) in [5.41, 5.74) is 5.83.